The highest BCUT2D eigenvalue weighted by Gasteiger charge is 2.00. The van der Waals surface area contributed by atoms with E-state index in [1.807, 2.05) is 0 Å². The van der Waals surface area contributed by atoms with Gasteiger partial charge in [0.05, 0.1) is 0 Å². The lowest BCUT2D eigenvalue weighted by atomic mass is 9.97. The molecule has 0 heterocycles. The summed E-state index contributed by atoms with van der Waals surface area (Å²) in [5.74, 6) is 1.78. The van der Waals surface area contributed by atoms with Gasteiger partial charge in [0.2, 0.25) is 0 Å². The predicted molar refractivity (Wildman–Crippen MR) is 57.1 cm³/mol. The van der Waals surface area contributed by atoms with Gasteiger partial charge in [-0.1, -0.05) is 66.2 Å². The largest absolute Gasteiger partial charge is 0.0628 e. The molecule has 0 aliphatic heterocycles. The molecule has 0 N–H and O–H groups in total. The quantitative estimate of drug-likeness (QED) is 0.494. The van der Waals surface area contributed by atoms with Gasteiger partial charge in [-0.15, -0.1) is 0 Å². The average Bonchev–Trinajstić information content (AvgIpc) is 1.98. The van der Waals surface area contributed by atoms with Gasteiger partial charge in [0.1, 0.15) is 0 Å². The number of rotatable bonds is 7. The van der Waals surface area contributed by atoms with Crippen LogP contribution in [0.1, 0.15) is 59.3 Å². The molecule has 0 spiro atoms. The van der Waals surface area contributed by atoms with Gasteiger partial charge in [-0.2, -0.15) is 0 Å². The topological polar surface area (TPSA) is 0 Å². The maximum Gasteiger partial charge on any atom is -0.0443 e. The summed E-state index contributed by atoms with van der Waals surface area (Å²) >= 11 is 0. The molecular weight excluding hydrogens is 144 g/mol. The highest BCUT2D eigenvalue weighted by Crippen LogP contribution is 2.16. The maximum absolute atomic E-state index is 3.88. The van der Waals surface area contributed by atoms with E-state index in [-0.39, 0.29) is 0 Å². The first-order chi connectivity index (χ1) is 5.66. The molecule has 1 atom stereocenters. The highest BCUT2D eigenvalue weighted by atomic mass is 14.1. The average molecular weight is 169 g/mol. The van der Waals surface area contributed by atoms with E-state index in [1.54, 1.807) is 0 Å². The summed E-state index contributed by atoms with van der Waals surface area (Å²) in [6.07, 6.45) is 8.05. The van der Waals surface area contributed by atoms with Crippen LogP contribution in [-0.4, -0.2) is 0 Å². The zero-order chi connectivity index (χ0) is 9.40. The minimum atomic E-state index is 0.883. The molecule has 0 fully saturated rings. The van der Waals surface area contributed by atoms with Gasteiger partial charge in [-0.05, 0) is 11.8 Å². The Morgan fingerprint density at radius 3 is 2.00 bits per heavy atom. The van der Waals surface area contributed by atoms with Crippen molar-refractivity contribution in [3.05, 3.63) is 6.92 Å². The van der Waals surface area contributed by atoms with E-state index in [4.69, 9.17) is 0 Å². The van der Waals surface area contributed by atoms with E-state index >= 15 is 0 Å². The van der Waals surface area contributed by atoms with Crippen molar-refractivity contribution >= 4 is 0 Å². The highest BCUT2D eigenvalue weighted by molar-refractivity contribution is 4.55. The fourth-order valence-electron chi connectivity index (χ4n) is 1.54. The normalized spacial score (nSPS) is 13.8. The third-order valence-electron chi connectivity index (χ3n) is 2.43. The Bertz CT molecular complexity index is 84.0. The van der Waals surface area contributed by atoms with Crippen molar-refractivity contribution < 1.29 is 0 Å². The smallest absolute Gasteiger partial charge is 0.0443 e. The minimum absolute atomic E-state index is 0.883. The lowest BCUT2D eigenvalue weighted by Crippen LogP contribution is -1.94. The van der Waals surface area contributed by atoms with Crippen molar-refractivity contribution in [2.24, 2.45) is 11.8 Å². The molecule has 0 heteroatoms. The first-order valence-electron chi connectivity index (χ1n) is 5.46. The number of hydrogen-bond donors (Lipinski definition) is 0. The molecule has 0 aromatic heterocycles. The summed E-state index contributed by atoms with van der Waals surface area (Å²) in [5, 5.41) is 0. The van der Waals surface area contributed by atoms with Crippen LogP contribution in [0.4, 0.5) is 0 Å². The van der Waals surface area contributed by atoms with Crippen molar-refractivity contribution in [1.82, 2.24) is 0 Å². The van der Waals surface area contributed by atoms with Crippen LogP contribution < -0.4 is 0 Å². The second-order valence-corrected chi connectivity index (χ2v) is 4.43. The zero-order valence-corrected chi connectivity index (χ0v) is 9.10. The Morgan fingerprint density at radius 1 is 0.917 bits per heavy atom. The second kappa shape index (κ2) is 7.64. The summed E-state index contributed by atoms with van der Waals surface area (Å²) in [4.78, 5) is 0. The predicted octanol–water partition coefficient (Wildman–Crippen LogP) is 4.45. The van der Waals surface area contributed by atoms with E-state index < -0.39 is 0 Å². The van der Waals surface area contributed by atoms with E-state index in [9.17, 15) is 0 Å². The first kappa shape index (κ1) is 12.0. The van der Waals surface area contributed by atoms with E-state index in [0.29, 0.717) is 0 Å². The van der Waals surface area contributed by atoms with Crippen molar-refractivity contribution in [3.8, 4) is 0 Å². The van der Waals surface area contributed by atoms with Crippen molar-refractivity contribution in [3.63, 3.8) is 0 Å². The zero-order valence-electron chi connectivity index (χ0n) is 9.10. The van der Waals surface area contributed by atoms with Crippen molar-refractivity contribution in [2.45, 2.75) is 59.3 Å². The van der Waals surface area contributed by atoms with Crippen LogP contribution in [0.25, 0.3) is 0 Å². The molecule has 1 radical (unpaired) electrons. The van der Waals surface area contributed by atoms with Gasteiger partial charge < -0.3 is 0 Å². The van der Waals surface area contributed by atoms with E-state index in [1.165, 1.54) is 32.1 Å². The summed E-state index contributed by atoms with van der Waals surface area (Å²) in [5.41, 5.74) is 0. The number of hydrogen-bond acceptors (Lipinski definition) is 0. The first-order valence-corrected chi connectivity index (χ1v) is 5.46. The molecule has 12 heavy (non-hydrogen) atoms. The molecule has 1 unspecified atom stereocenters. The number of unbranched alkanes of at least 4 members (excludes halogenated alkanes) is 1. The molecule has 0 aliphatic carbocycles. The maximum atomic E-state index is 3.88. The molecule has 0 nitrogen and oxygen atoms in total. The van der Waals surface area contributed by atoms with Crippen LogP contribution >= 0.6 is 0 Å². The molecule has 0 bridgehead atoms. The van der Waals surface area contributed by atoms with Crippen molar-refractivity contribution in [2.75, 3.05) is 0 Å². The monoisotopic (exact) mass is 169 g/mol. The van der Waals surface area contributed by atoms with Gasteiger partial charge in [-0.25, -0.2) is 0 Å². The van der Waals surface area contributed by atoms with Crippen LogP contribution in [0, 0.1) is 18.8 Å². The van der Waals surface area contributed by atoms with Gasteiger partial charge in [0.25, 0.3) is 0 Å². The fourth-order valence-corrected chi connectivity index (χ4v) is 1.54. The molecule has 73 valence electrons. The second-order valence-electron chi connectivity index (χ2n) is 4.43. The van der Waals surface area contributed by atoms with E-state index in [2.05, 4.69) is 27.7 Å². The van der Waals surface area contributed by atoms with Gasteiger partial charge in [0.15, 0.2) is 0 Å². The summed E-state index contributed by atoms with van der Waals surface area (Å²) in [6.45, 7) is 10.8. The Balaban J connectivity index is 3.08. The molecule has 0 saturated heterocycles. The van der Waals surface area contributed by atoms with Crippen LogP contribution in [0.15, 0.2) is 0 Å². The Morgan fingerprint density at radius 2 is 1.50 bits per heavy atom. The SMILES string of the molecule is [CH2]CCC(C)CCCCC(C)C. The molecule has 0 amide bonds. The van der Waals surface area contributed by atoms with Crippen LogP contribution in [0.5, 0.6) is 0 Å². The third-order valence-corrected chi connectivity index (χ3v) is 2.43. The Hall–Kier alpha value is 0. The minimum Gasteiger partial charge on any atom is -0.0628 e. The van der Waals surface area contributed by atoms with Crippen LogP contribution in [0.2, 0.25) is 0 Å². The summed E-state index contributed by atoms with van der Waals surface area (Å²) < 4.78 is 0. The molecule has 0 rings (SSSR count). The third kappa shape index (κ3) is 8.10. The molecule has 0 saturated carbocycles. The summed E-state index contributed by atoms with van der Waals surface area (Å²) in [6, 6.07) is 0. The van der Waals surface area contributed by atoms with Gasteiger partial charge in [-0.3, -0.25) is 0 Å². The lowest BCUT2D eigenvalue weighted by Gasteiger charge is -2.09. The van der Waals surface area contributed by atoms with Crippen molar-refractivity contribution in [1.29, 1.82) is 0 Å². The Labute approximate surface area is 78.8 Å². The fraction of sp³-hybridized carbons (Fsp3) is 0.917. The lowest BCUT2D eigenvalue weighted by molar-refractivity contribution is 0.444. The Kier molecular flexibility index (Phi) is 7.64. The van der Waals surface area contributed by atoms with Crippen LogP contribution in [-0.2, 0) is 0 Å². The molecule has 0 aromatic rings. The van der Waals surface area contributed by atoms with E-state index in [0.717, 1.165) is 18.3 Å². The molecule has 0 aliphatic rings. The standard InChI is InChI=1S/C12H25/c1-5-8-12(4)10-7-6-9-11(2)3/h11-12H,1,5-10H2,2-4H3. The van der Waals surface area contributed by atoms with Crippen LogP contribution in [0.3, 0.4) is 0 Å². The summed E-state index contributed by atoms with van der Waals surface area (Å²) in [7, 11) is 0. The van der Waals surface area contributed by atoms with Gasteiger partial charge >= 0.3 is 0 Å². The molecule has 0 aromatic carbocycles. The van der Waals surface area contributed by atoms with Gasteiger partial charge in [0, 0.05) is 0 Å². The molecular formula is C12H25.